The van der Waals surface area contributed by atoms with Gasteiger partial charge in [0.25, 0.3) is 0 Å². The number of aliphatic imine (C=N–C) groups is 1. The molecule has 0 bridgehead atoms. The van der Waals surface area contributed by atoms with Gasteiger partial charge in [-0.15, -0.1) is 0 Å². The summed E-state index contributed by atoms with van der Waals surface area (Å²) < 4.78 is 0. The van der Waals surface area contributed by atoms with Crippen LogP contribution >= 0.6 is 0 Å². The molecular weight excluding hydrogens is 603 g/mol. The maximum atomic E-state index is 4.62. The van der Waals surface area contributed by atoms with E-state index in [1.165, 1.54) is 66.1 Å². The number of fused-ring (bicyclic) bond motifs is 2. The van der Waals surface area contributed by atoms with Gasteiger partial charge in [-0.05, 0) is 105 Å². The normalized spacial score (nSPS) is 13.5. The highest BCUT2D eigenvalue weighted by Crippen LogP contribution is 2.39. The Kier molecular flexibility index (Phi) is 9.23. The highest BCUT2D eigenvalue weighted by molar-refractivity contribution is 5.97. The zero-order valence-corrected chi connectivity index (χ0v) is 29.0. The van der Waals surface area contributed by atoms with E-state index >= 15 is 0 Å². The molecule has 0 aliphatic heterocycles. The first-order valence-electron chi connectivity index (χ1n) is 17.3. The standard InChI is InChI=1S/C49H41N/c1-5-13-35(6-2)36-26-30-42(31-27-36)49(3,43-32-28-40(29-33-43)47-21-12-17-38-15-8-10-19-45(38)47)34-48(50-4)41-24-22-39(23-25-41)46-20-11-16-37-14-7-9-18-44(37)46/h5-34H,4H2,1-3H3/b13-5-,35-6+,48-34-. The molecule has 0 saturated carbocycles. The van der Waals surface area contributed by atoms with Crippen molar-refractivity contribution in [2.45, 2.75) is 26.2 Å². The van der Waals surface area contributed by atoms with Gasteiger partial charge in [-0.25, -0.2) is 0 Å². The highest BCUT2D eigenvalue weighted by atomic mass is 14.7. The van der Waals surface area contributed by atoms with E-state index in [1.807, 2.05) is 0 Å². The minimum Gasteiger partial charge on any atom is -0.264 e. The van der Waals surface area contributed by atoms with E-state index < -0.39 is 5.41 Å². The van der Waals surface area contributed by atoms with Crippen molar-refractivity contribution in [3.05, 3.63) is 204 Å². The van der Waals surface area contributed by atoms with Gasteiger partial charge in [0.15, 0.2) is 0 Å². The van der Waals surface area contributed by atoms with Crippen LogP contribution in [-0.4, -0.2) is 6.72 Å². The van der Waals surface area contributed by atoms with E-state index in [0.717, 1.165) is 11.3 Å². The Hall–Kier alpha value is -6.05. The lowest BCUT2D eigenvalue weighted by atomic mass is 9.74. The molecule has 1 heteroatoms. The molecule has 7 aromatic rings. The van der Waals surface area contributed by atoms with Crippen molar-refractivity contribution in [2.24, 2.45) is 4.99 Å². The molecule has 0 aliphatic carbocycles. The Morgan fingerprint density at radius 3 is 1.50 bits per heavy atom. The van der Waals surface area contributed by atoms with Gasteiger partial charge in [0.1, 0.15) is 0 Å². The Labute approximate surface area is 296 Å². The van der Waals surface area contributed by atoms with E-state index in [1.54, 1.807) is 0 Å². The number of hydrogen-bond acceptors (Lipinski definition) is 1. The lowest BCUT2D eigenvalue weighted by Gasteiger charge is -2.29. The van der Waals surface area contributed by atoms with Crippen molar-refractivity contribution in [1.82, 2.24) is 0 Å². The van der Waals surface area contributed by atoms with Crippen molar-refractivity contribution in [3.63, 3.8) is 0 Å². The topological polar surface area (TPSA) is 12.4 Å². The van der Waals surface area contributed by atoms with Crippen LogP contribution in [0.5, 0.6) is 0 Å². The lowest BCUT2D eigenvalue weighted by Crippen LogP contribution is -2.21. The first kappa shape index (κ1) is 32.5. The van der Waals surface area contributed by atoms with Gasteiger partial charge >= 0.3 is 0 Å². The molecule has 0 aromatic heterocycles. The molecule has 0 spiro atoms. The van der Waals surface area contributed by atoms with Crippen LogP contribution < -0.4 is 0 Å². The van der Waals surface area contributed by atoms with Crippen molar-refractivity contribution in [1.29, 1.82) is 0 Å². The van der Waals surface area contributed by atoms with Crippen molar-refractivity contribution in [3.8, 4) is 22.3 Å². The van der Waals surface area contributed by atoms with Crippen LogP contribution in [0.25, 0.3) is 55.1 Å². The number of hydrogen-bond donors (Lipinski definition) is 0. The van der Waals surface area contributed by atoms with Crippen LogP contribution in [-0.2, 0) is 5.41 Å². The number of allylic oxidation sites excluding steroid dienone is 5. The molecule has 0 aliphatic rings. The highest BCUT2D eigenvalue weighted by Gasteiger charge is 2.28. The lowest BCUT2D eigenvalue weighted by molar-refractivity contribution is 0.724. The Morgan fingerprint density at radius 1 is 0.540 bits per heavy atom. The second-order valence-electron chi connectivity index (χ2n) is 12.9. The van der Waals surface area contributed by atoms with Crippen LogP contribution in [0.2, 0.25) is 0 Å². The van der Waals surface area contributed by atoms with E-state index in [2.05, 4.69) is 215 Å². The third kappa shape index (κ3) is 6.27. The maximum absolute atomic E-state index is 4.62. The summed E-state index contributed by atoms with van der Waals surface area (Å²) in [6, 6.07) is 56.8. The number of nitrogens with zero attached hydrogens (tertiary/aromatic N) is 1. The fourth-order valence-corrected chi connectivity index (χ4v) is 7.15. The van der Waals surface area contributed by atoms with E-state index in [9.17, 15) is 0 Å². The first-order chi connectivity index (χ1) is 24.5. The van der Waals surface area contributed by atoms with Gasteiger partial charge in [0.05, 0.1) is 5.70 Å². The molecule has 242 valence electrons. The molecule has 0 heterocycles. The largest absolute Gasteiger partial charge is 0.264 e. The monoisotopic (exact) mass is 643 g/mol. The van der Waals surface area contributed by atoms with Crippen molar-refractivity contribution < 1.29 is 0 Å². The molecule has 7 aromatic carbocycles. The van der Waals surface area contributed by atoms with Crippen LogP contribution in [0.1, 0.15) is 43.0 Å². The fraction of sp³-hybridized carbons (Fsp3) is 0.0816. The Balaban J connectivity index is 1.31. The van der Waals surface area contributed by atoms with Crippen molar-refractivity contribution in [2.75, 3.05) is 0 Å². The van der Waals surface area contributed by atoms with E-state index in [0.29, 0.717) is 0 Å². The minimum atomic E-state index is -0.489. The van der Waals surface area contributed by atoms with E-state index in [-0.39, 0.29) is 0 Å². The van der Waals surface area contributed by atoms with Gasteiger partial charge < -0.3 is 0 Å². The molecule has 0 saturated heterocycles. The van der Waals surface area contributed by atoms with Gasteiger partial charge in [0.2, 0.25) is 0 Å². The van der Waals surface area contributed by atoms with Crippen LogP contribution in [0, 0.1) is 0 Å². The SMILES string of the molecule is C=N/C(=C\C(C)(c1ccc(C(/C=C\C)=C/C)cc1)c1ccc(-c2cccc3ccccc23)cc1)c1ccc(-c2cccc3ccccc23)cc1. The fourth-order valence-electron chi connectivity index (χ4n) is 7.15. The summed E-state index contributed by atoms with van der Waals surface area (Å²) in [6.07, 6.45) is 8.67. The second kappa shape index (κ2) is 14.2. The predicted octanol–water partition coefficient (Wildman–Crippen LogP) is 13.4. The van der Waals surface area contributed by atoms with Crippen molar-refractivity contribution >= 4 is 39.5 Å². The Bertz CT molecular complexity index is 2380. The maximum Gasteiger partial charge on any atom is 0.0667 e. The minimum absolute atomic E-state index is 0.489. The smallest absolute Gasteiger partial charge is 0.0667 e. The molecule has 50 heavy (non-hydrogen) atoms. The van der Waals surface area contributed by atoms with Crippen LogP contribution in [0.15, 0.2) is 187 Å². The summed E-state index contributed by atoms with van der Waals surface area (Å²) in [7, 11) is 0. The molecule has 7 rings (SSSR count). The average molecular weight is 644 g/mol. The third-order valence-corrected chi connectivity index (χ3v) is 9.94. The van der Waals surface area contributed by atoms with Gasteiger partial charge in [0, 0.05) is 5.41 Å². The van der Waals surface area contributed by atoms with E-state index in [4.69, 9.17) is 0 Å². The summed E-state index contributed by atoms with van der Waals surface area (Å²) in [5.41, 5.74) is 11.0. The van der Waals surface area contributed by atoms with Gasteiger partial charge in [-0.1, -0.05) is 176 Å². The summed E-state index contributed by atoms with van der Waals surface area (Å²) in [6.45, 7) is 10.5. The second-order valence-corrected chi connectivity index (χ2v) is 12.9. The van der Waals surface area contributed by atoms with Crippen LogP contribution in [0.4, 0.5) is 0 Å². The molecule has 1 nitrogen and oxygen atoms in total. The summed E-state index contributed by atoms with van der Waals surface area (Å²) >= 11 is 0. The number of rotatable bonds is 9. The zero-order chi connectivity index (χ0) is 34.5. The quantitative estimate of drug-likeness (QED) is 0.110. The van der Waals surface area contributed by atoms with Crippen LogP contribution in [0.3, 0.4) is 0 Å². The molecule has 1 unspecified atom stereocenters. The summed E-state index contributed by atoms with van der Waals surface area (Å²) in [4.78, 5) is 4.62. The van der Waals surface area contributed by atoms with Gasteiger partial charge in [-0.2, -0.15) is 0 Å². The molecule has 1 atom stereocenters. The number of benzene rings is 7. The summed E-state index contributed by atoms with van der Waals surface area (Å²) in [5.74, 6) is 0. The van der Waals surface area contributed by atoms with Gasteiger partial charge in [-0.3, -0.25) is 4.99 Å². The predicted molar refractivity (Wildman–Crippen MR) is 218 cm³/mol. The molecule has 0 radical (unpaired) electrons. The average Bonchev–Trinajstić information content (AvgIpc) is 3.18. The molecule has 0 fully saturated rings. The molecule has 0 amide bonds. The third-order valence-electron chi connectivity index (χ3n) is 9.94. The molecular formula is C49H41N. The zero-order valence-electron chi connectivity index (χ0n) is 29.0. The Morgan fingerprint density at radius 2 is 1.00 bits per heavy atom. The molecule has 0 N–H and O–H groups in total. The summed E-state index contributed by atoms with van der Waals surface area (Å²) in [5, 5.41) is 4.99. The first-order valence-corrected chi connectivity index (χ1v) is 17.3.